The molecule has 2 aromatic carbocycles. The molecular formula is C26H26ClFN4O3. The van der Waals surface area contributed by atoms with Gasteiger partial charge in [0.1, 0.15) is 11.6 Å². The third-order valence-electron chi connectivity index (χ3n) is 6.83. The summed E-state index contributed by atoms with van der Waals surface area (Å²) in [7, 11) is 0. The Labute approximate surface area is 207 Å². The van der Waals surface area contributed by atoms with Crippen molar-refractivity contribution >= 4 is 34.3 Å². The first-order valence-electron chi connectivity index (χ1n) is 12.0. The Balaban J connectivity index is 1.32. The predicted molar refractivity (Wildman–Crippen MR) is 131 cm³/mol. The van der Waals surface area contributed by atoms with E-state index in [1.54, 1.807) is 27.7 Å². The Bertz CT molecular complexity index is 1360. The minimum Gasteiger partial charge on any atom is -0.335 e. The number of amides is 2. The number of piperazine rings is 1. The highest BCUT2D eigenvalue weighted by atomic mass is 35.5. The number of benzene rings is 2. The van der Waals surface area contributed by atoms with Crippen LogP contribution in [0, 0.1) is 5.82 Å². The number of hydrogen-bond acceptors (Lipinski definition) is 4. The average molecular weight is 497 g/mol. The van der Waals surface area contributed by atoms with Crippen molar-refractivity contribution in [2.45, 2.75) is 38.6 Å². The molecule has 182 valence electrons. The Kier molecular flexibility index (Phi) is 6.56. The summed E-state index contributed by atoms with van der Waals surface area (Å²) < 4.78 is 15.9. The maximum atomic E-state index is 14.1. The molecule has 35 heavy (non-hydrogen) atoms. The molecule has 3 aromatic rings. The number of rotatable bonds is 2. The summed E-state index contributed by atoms with van der Waals surface area (Å²) in [6, 6.07) is 8.95. The van der Waals surface area contributed by atoms with Gasteiger partial charge in [-0.1, -0.05) is 24.4 Å². The second kappa shape index (κ2) is 9.77. The zero-order valence-electron chi connectivity index (χ0n) is 19.3. The van der Waals surface area contributed by atoms with E-state index in [0.717, 1.165) is 37.9 Å². The topological polar surface area (TPSA) is 75.5 Å². The number of carbonyl (C=O) groups excluding carboxylic acids is 2. The monoisotopic (exact) mass is 496 g/mol. The summed E-state index contributed by atoms with van der Waals surface area (Å²) in [6.45, 7) is 1.91. The van der Waals surface area contributed by atoms with Gasteiger partial charge in [0.05, 0.1) is 16.5 Å². The molecule has 5 rings (SSSR count). The van der Waals surface area contributed by atoms with Crippen molar-refractivity contribution in [3.8, 4) is 0 Å². The van der Waals surface area contributed by atoms with Gasteiger partial charge in [-0.05, 0) is 49.2 Å². The highest BCUT2D eigenvalue weighted by Gasteiger charge is 2.27. The Morgan fingerprint density at radius 3 is 2.34 bits per heavy atom. The maximum absolute atomic E-state index is 14.1. The van der Waals surface area contributed by atoms with Crippen LogP contribution in [0.3, 0.4) is 0 Å². The number of aryl methyl sites for hydroxylation is 1. The zero-order chi connectivity index (χ0) is 24.5. The molecule has 2 aliphatic rings. The SMILES string of the molecule is O=C(c1ccc2c(=O)n3c(nc2c1)CCCCCC3)N1CCN(C(=O)c2cc(Cl)ccc2F)CC1. The van der Waals surface area contributed by atoms with Crippen molar-refractivity contribution in [2.24, 2.45) is 0 Å². The van der Waals surface area contributed by atoms with Gasteiger partial charge in [-0.2, -0.15) is 0 Å². The summed E-state index contributed by atoms with van der Waals surface area (Å²) >= 11 is 5.92. The van der Waals surface area contributed by atoms with Crippen molar-refractivity contribution < 1.29 is 14.0 Å². The molecule has 9 heteroatoms. The lowest BCUT2D eigenvalue weighted by atomic mass is 10.1. The molecule has 1 saturated heterocycles. The first kappa shape index (κ1) is 23.5. The zero-order valence-corrected chi connectivity index (χ0v) is 20.1. The van der Waals surface area contributed by atoms with Crippen LogP contribution >= 0.6 is 11.6 Å². The lowest BCUT2D eigenvalue weighted by Gasteiger charge is -2.35. The van der Waals surface area contributed by atoms with Crippen LogP contribution in [0.1, 0.15) is 52.2 Å². The van der Waals surface area contributed by atoms with E-state index in [1.165, 1.54) is 23.1 Å². The highest BCUT2D eigenvalue weighted by Crippen LogP contribution is 2.20. The largest absolute Gasteiger partial charge is 0.335 e. The van der Waals surface area contributed by atoms with Crippen LogP contribution in [0.2, 0.25) is 5.02 Å². The summed E-state index contributed by atoms with van der Waals surface area (Å²) in [4.78, 5) is 46.9. The van der Waals surface area contributed by atoms with Gasteiger partial charge in [-0.3, -0.25) is 19.0 Å². The number of halogens is 2. The van der Waals surface area contributed by atoms with Crippen LogP contribution in [-0.4, -0.2) is 57.3 Å². The molecular weight excluding hydrogens is 471 g/mol. The molecule has 0 spiro atoms. The number of fused-ring (bicyclic) bond motifs is 2. The molecule has 0 saturated carbocycles. The van der Waals surface area contributed by atoms with E-state index in [9.17, 15) is 18.8 Å². The third-order valence-corrected chi connectivity index (χ3v) is 7.06. The standard InChI is InChI=1S/C26H26ClFN4O3/c27-18-7-9-21(28)20(16-18)25(34)31-13-11-30(12-14-31)24(33)17-6-8-19-22(15-17)29-23-5-3-1-2-4-10-32(23)26(19)35/h6-9,15-16H,1-5,10-14H2. The summed E-state index contributed by atoms with van der Waals surface area (Å²) in [5.41, 5.74) is 0.879. The van der Waals surface area contributed by atoms with Gasteiger partial charge in [0.2, 0.25) is 0 Å². The molecule has 0 radical (unpaired) electrons. The van der Waals surface area contributed by atoms with Gasteiger partial charge >= 0.3 is 0 Å². The van der Waals surface area contributed by atoms with Gasteiger partial charge < -0.3 is 9.80 Å². The number of hydrogen-bond donors (Lipinski definition) is 0. The molecule has 1 aromatic heterocycles. The van der Waals surface area contributed by atoms with Crippen LogP contribution in [0.15, 0.2) is 41.2 Å². The van der Waals surface area contributed by atoms with Crippen LogP contribution in [0.4, 0.5) is 4.39 Å². The minimum atomic E-state index is -0.619. The van der Waals surface area contributed by atoms with Crippen molar-refractivity contribution in [3.63, 3.8) is 0 Å². The Hall–Kier alpha value is -3.26. The van der Waals surface area contributed by atoms with Crippen molar-refractivity contribution in [1.29, 1.82) is 0 Å². The number of nitrogens with zero attached hydrogens (tertiary/aromatic N) is 4. The Morgan fingerprint density at radius 2 is 1.57 bits per heavy atom. The Morgan fingerprint density at radius 1 is 0.857 bits per heavy atom. The van der Waals surface area contributed by atoms with E-state index in [4.69, 9.17) is 16.6 Å². The first-order valence-corrected chi connectivity index (χ1v) is 12.4. The predicted octanol–water partition coefficient (Wildman–Crippen LogP) is 3.90. The molecule has 2 aliphatic heterocycles. The summed E-state index contributed by atoms with van der Waals surface area (Å²) in [5, 5.41) is 0.811. The molecule has 2 amide bonds. The second-order valence-electron chi connectivity index (χ2n) is 9.09. The van der Waals surface area contributed by atoms with Crippen LogP contribution in [0.5, 0.6) is 0 Å². The molecule has 0 atom stereocenters. The van der Waals surface area contributed by atoms with E-state index >= 15 is 0 Å². The summed E-state index contributed by atoms with van der Waals surface area (Å²) in [5.74, 6) is -0.455. The highest BCUT2D eigenvalue weighted by molar-refractivity contribution is 6.31. The van der Waals surface area contributed by atoms with E-state index in [1.807, 2.05) is 0 Å². The van der Waals surface area contributed by atoms with Gasteiger partial charge in [0.25, 0.3) is 17.4 Å². The second-order valence-corrected chi connectivity index (χ2v) is 9.53. The fraction of sp³-hybridized carbons (Fsp3) is 0.385. The average Bonchev–Trinajstić information content (AvgIpc) is 2.85. The van der Waals surface area contributed by atoms with Gasteiger partial charge in [0.15, 0.2) is 0 Å². The quantitative estimate of drug-likeness (QED) is 0.539. The van der Waals surface area contributed by atoms with Crippen molar-refractivity contribution in [1.82, 2.24) is 19.4 Å². The smallest absolute Gasteiger partial charge is 0.261 e. The van der Waals surface area contributed by atoms with Crippen LogP contribution < -0.4 is 5.56 Å². The van der Waals surface area contributed by atoms with Crippen molar-refractivity contribution in [3.05, 3.63) is 74.5 Å². The first-order chi connectivity index (χ1) is 16.9. The van der Waals surface area contributed by atoms with Gasteiger partial charge in [-0.15, -0.1) is 0 Å². The number of aromatic nitrogens is 2. The van der Waals surface area contributed by atoms with Crippen LogP contribution in [0.25, 0.3) is 10.9 Å². The minimum absolute atomic E-state index is 0.0497. The van der Waals surface area contributed by atoms with E-state index in [2.05, 4.69) is 0 Å². The van der Waals surface area contributed by atoms with E-state index in [-0.39, 0.29) is 30.1 Å². The van der Waals surface area contributed by atoms with E-state index < -0.39 is 11.7 Å². The molecule has 0 N–H and O–H groups in total. The normalized spacial score (nSPS) is 16.5. The van der Waals surface area contributed by atoms with Gasteiger partial charge in [0, 0.05) is 49.7 Å². The molecule has 0 unspecified atom stereocenters. The third kappa shape index (κ3) is 4.67. The molecule has 7 nitrogen and oxygen atoms in total. The van der Waals surface area contributed by atoms with E-state index in [0.29, 0.717) is 41.1 Å². The van der Waals surface area contributed by atoms with Crippen molar-refractivity contribution in [2.75, 3.05) is 26.2 Å². The number of carbonyl (C=O) groups is 2. The summed E-state index contributed by atoms with van der Waals surface area (Å²) in [6.07, 6.45) is 4.97. The molecule has 0 aliphatic carbocycles. The van der Waals surface area contributed by atoms with Crippen LogP contribution in [-0.2, 0) is 13.0 Å². The molecule has 1 fully saturated rings. The molecule has 0 bridgehead atoms. The fourth-order valence-corrected chi connectivity index (χ4v) is 5.03. The molecule has 3 heterocycles. The fourth-order valence-electron chi connectivity index (χ4n) is 4.86. The maximum Gasteiger partial charge on any atom is 0.261 e. The lowest BCUT2D eigenvalue weighted by Crippen LogP contribution is -2.50. The van der Waals surface area contributed by atoms with Gasteiger partial charge in [-0.25, -0.2) is 9.37 Å². The lowest BCUT2D eigenvalue weighted by molar-refractivity contribution is 0.0533.